The number of carbonyl (C=O) groups is 1. The standard InChI is InChI=1S/C19H15ClFN3O/c1-12-14(20)5-4-8-16(12)23-18-10-9-13(11-22-18)19(25)24-17-7-3-2-6-15(17)21/h2-11H,1H3,(H,22,23)(H,24,25). The predicted molar refractivity (Wildman–Crippen MR) is 98.1 cm³/mol. The molecular weight excluding hydrogens is 341 g/mol. The van der Waals surface area contributed by atoms with E-state index >= 15 is 0 Å². The molecule has 4 nitrogen and oxygen atoms in total. The van der Waals surface area contributed by atoms with Gasteiger partial charge >= 0.3 is 0 Å². The zero-order valence-corrected chi connectivity index (χ0v) is 14.1. The van der Waals surface area contributed by atoms with Crippen molar-refractivity contribution >= 4 is 34.7 Å². The smallest absolute Gasteiger partial charge is 0.257 e. The monoisotopic (exact) mass is 355 g/mol. The Labute approximate surface area is 149 Å². The Kier molecular flexibility index (Phi) is 4.95. The molecule has 3 rings (SSSR count). The van der Waals surface area contributed by atoms with Crippen LogP contribution in [0.1, 0.15) is 15.9 Å². The third-order valence-corrected chi connectivity index (χ3v) is 4.09. The summed E-state index contributed by atoms with van der Waals surface area (Å²) in [6, 6.07) is 14.8. The zero-order chi connectivity index (χ0) is 17.8. The summed E-state index contributed by atoms with van der Waals surface area (Å²) in [6.07, 6.45) is 1.43. The molecule has 0 aliphatic carbocycles. The van der Waals surface area contributed by atoms with Gasteiger partial charge in [-0.15, -0.1) is 0 Å². The fourth-order valence-corrected chi connectivity index (χ4v) is 2.41. The van der Waals surface area contributed by atoms with E-state index in [0.717, 1.165) is 11.3 Å². The number of nitrogens with zero attached hydrogens (tertiary/aromatic N) is 1. The van der Waals surface area contributed by atoms with Crippen LogP contribution in [0.15, 0.2) is 60.8 Å². The highest BCUT2D eigenvalue weighted by molar-refractivity contribution is 6.31. The van der Waals surface area contributed by atoms with Crippen molar-refractivity contribution < 1.29 is 9.18 Å². The quantitative estimate of drug-likeness (QED) is 0.678. The first-order valence-electron chi connectivity index (χ1n) is 7.58. The maximum absolute atomic E-state index is 13.6. The molecule has 126 valence electrons. The number of nitrogens with one attached hydrogen (secondary N) is 2. The first-order chi connectivity index (χ1) is 12.0. The van der Waals surface area contributed by atoms with Crippen LogP contribution < -0.4 is 10.6 Å². The van der Waals surface area contributed by atoms with Gasteiger partial charge in [0, 0.05) is 16.9 Å². The van der Waals surface area contributed by atoms with Crippen LogP contribution in [0.2, 0.25) is 5.02 Å². The molecule has 0 saturated carbocycles. The Morgan fingerprint density at radius 2 is 1.80 bits per heavy atom. The van der Waals surface area contributed by atoms with Crippen molar-refractivity contribution in [1.82, 2.24) is 4.98 Å². The van der Waals surface area contributed by atoms with Gasteiger partial charge in [-0.05, 0) is 48.9 Å². The molecule has 25 heavy (non-hydrogen) atoms. The summed E-state index contributed by atoms with van der Waals surface area (Å²) in [5.74, 6) is -0.338. The lowest BCUT2D eigenvalue weighted by Crippen LogP contribution is -2.13. The zero-order valence-electron chi connectivity index (χ0n) is 13.4. The molecule has 0 saturated heterocycles. The molecule has 0 spiro atoms. The number of hydrogen-bond acceptors (Lipinski definition) is 3. The molecule has 2 aromatic carbocycles. The van der Waals surface area contributed by atoms with E-state index in [1.807, 2.05) is 25.1 Å². The molecular formula is C19H15ClFN3O. The number of aromatic nitrogens is 1. The van der Waals surface area contributed by atoms with Gasteiger partial charge in [-0.1, -0.05) is 29.8 Å². The van der Waals surface area contributed by atoms with Gasteiger partial charge in [0.15, 0.2) is 0 Å². The molecule has 0 unspecified atom stereocenters. The Bertz CT molecular complexity index is 913. The van der Waals surface area contributed by atoms with E-state index in [4.69, 9.17) is 11.6 Å². The molecule has 1 aromatic heterocycles. The van der Waals surface area contributed by atoms with Crippen LogP contribution in [0, 0.1) is 12.7 Å². The van der Waals surface area contributed by atoms with Crippen molar-refractivity contribution in [2.45, 2.75) is 6.92 Å². The third-order valence-electron chi connectivity index (χ3n) is 3.68. The first-order valence-corrected chi connectivity index (χ1v) is 7.96. The van der Waals surface area contributed by atoms with E-state index in [1.54, 1.807) is 24.3 Å². The second-order valence-electron chi connectivity index (χ2n) is 5.40. The van der Waals surface area contributed by atoms with Gasteiger partial charge in [-0.3, -0.25) is 4.79 Å². The van der Waals surface area contributed by atoms with Crippen molar-refractivity contribution in [3.63, 3.8) is 0 Å². The van der Waals surface area contributed by atoms with Crippen molar-refractivity contribution in [2.24, 2.45) is 0 Å². The third kappa shape index (κ3) is 3.95. The van der Waals surface area contributed by atoms with E-state index in [-0.39, 0.29) is 5.69 Å². The van der Waals surface area contributed by atoms with E-state index in [1.165, 1.54) is 18.3 Å². The van der Waals surface area contributed by atoms with Crippen molar-refractivity contribution in [3.8, 4) is 0 Å². The minimum Gasteiger partial charge on any atom is -0.340 e. The van der Waals surface area contributed by atoms with Crippen LogP contribution in [-0.2, 0) is 0 Å². The van der Waals surface area contributed by atoms with Gasteiger partial charge in [0.1, 0.15) is 11.6 Å². The van der Waals surface area contributed by atoms with Crippen LogP contribution in [0.25, 0.3) is 0 Å². The minimum absolute atomic E-state index is 0.129. The molecule has 0 bridgehead atoms. The van der Waals surface area contributed by atoms with E-state index < -0.39 is 11.7 Å². The van der Waals surface area contributed by atoms with Gasteiger partial charge < -0.3 is 10.6 Å². The lowest BCUT2D eigenvalue weighted by Gasteiger charge is -2.10. The number of benzene rings is 2. The Hall–Kier alpha value is -2.92. The second kappa shape index (κ2) is 7.32. The number of halogens is 2. The Balaban J connectivity index is 1.73. The Morgan fingerprint density at radius 3 is 2.52 bits per heavy atom. The summed E-state index contributed by atoms with van der Waals surface area (Å²) in [5, 5.41) is 6.33. The predicted octanol–water partition coefficient (Wildman–Crippen LogP) is 5.18. The molecule has 6 heteroatoms. The van der Waals surface area contributed by atoms with Gasteiger partial charge in [0.25, 0.3) is 5.91 Å². The van der Waals surface area contributed by atoms with Gasteiger partial charge in [-0.25, -0.2) is 9.37 Å². The lowest BCUT2D eigenvalue weighted by atomic mass is 10.2. The summed E-state index contributed by atoms with van der Waals surface area (Å²) in [5.41, 5.74) is 2.21. The van der Waals surface area contributed by atoms with Gasteiger partial charge in [-0.2, -0.15) is 0 Å². The van der Waals surface area contributed by atoms with Crippen molar-refractivity contribution in [1.29, 1.82) is 0 Å². The second-order valence-corrected chi connectivity index (χ2v) is 5.81. The largest absolute Gasteiger partial charge is 0.340 e. The average Bonchev–Trinajstić information content (AvgIpc) is 2.61. The number of rotatable bonds is 4. The Morgan fingerprint density at radius 1 is 1.04 bits per heavy atom. The normalized spacial score (nSPS) is 10.4. The molecule has 0 fully saturated rings. The molecule has 1 amide bonds. The number of anilines is 3. The van der Waals surface area contributed by atoms with Gasteiger partial charge in [0.2, 0.25) is 0 Å². The molecule has 0 aliphatic heterocycles. The number of para-hydroxylation sites is 1. The molecule has 2 N–H and O–H groups in total. The van der Waals surface area contributed by atoms with Crippen LogP contribution in [0.5, 0.6) is 0 Å². The SMILES string of the molecule is Cc1c(Cl)cccc1Nc1ccc(C(=O)Nc2ccccc2F)cn1. The highest BCUT2D eigenvalue weighted by atomic mass is 35.5. The average molecular weight is 356 g/mol. The molecule has 1 heterocycles. The number of carbonyl (C=O) groups excluding carboxylic acids is 1. The van der Waals surface area contributed by atoms with Crippen LogP contribution >= 0.6 is 11.6 Å². The number of hydrogen-bond donors (Lipinski definition) is 2. The summed E-state index contributed by atoms with van der Waals surface area (Å²) < 4.78 is 13.6. The van der Waals surface area contributed by atoms with Crippen LogP contribution in [-0.4, -0.2) is 10.9 Å². The maximum atomic E-state index is 13.6. The van der Waals surface area contributed by atoms with E-state index in [9.17, 15) is 9.18 Å². The van der Waals surface area contributed by atoms with Crippen molar-refractivity contribution in [3.05, 3.63) is 82.8 Å². The van der Waals surface area contributed by atoms with E-state index in [2.05, 4.69) is 15.6 Å². The molecule has 0 aliphatic rings. The van der Waals surface area contributed by atoms with Gasteiger partial charge in [0.05, 0.1) is 11.3 Å². The highest BCUT2D eigenvalue weighted by Crippen LogP contribution is 2.25. The number of amides is 1. The first kappa shape index (κ1) is 16.9. The summed E-state index contributed by atoms with van der Waals surface area (Å²) in [4.78, 5) is 16.4. The van der Waals surface area contributed by atoms with Crippen LogP contribution in [0.4, 0.5) is 21.6 Å². The summed E-state index contributed by atoms with van der Waals surface area (Å²) in [6.45, 7) is 1.90. The van der Waals surface area contributed by atoms with Crippen LogP contribution in [0.3, 0.4) is 0 Å². The fraction of sp³-hybridized carbons (Fsp3) is 0.0526. The maximum Gasteiger partial charge on any atom is 0.257 e. The lowest BCUT2D eigenvalue weighted by molar-refractivity contribution is 0.102. The molecule has 0 atom stereocenters. The van der Waals surface area contributed by atoms with Crippen molar-refractivity contribution in [2.75, 3.05) is 10.6 Å². The summed E-state index contributed by atoms with van der Waals surface area (Å²) >= 11 is 6.09. The number of pyridine rings is 1. The summed E-state index contributed by atoms with van der Waals surface area (Å²) in [7, 11) is 0. The fourth-order valence-electron chi connectivity index (χ4n) is 2.24. The topological polar surface area (TPSA) is 54.0 Å². The molecule has 3 aromatic rings. The minimum atomic E-state index is -0.487. The highest BCUT2D eigenvalue weighted by Gasteiger charge is 2.10. The van der Waals surface area contributed by atoms with E-state index in [0.29, 0.717) is 16.4 Å². The molecule has 0 radical (unpaired) electrons.